The highest BCUT2D eigenvalue weighted by molar-refractivity contribution is 5.83. The maximum atomic E-state index is 12.9. The zero-order valence-corrected chi connectivity index (χ0v) is 19.4. The molecule has 2 heterocycles. The predicted molar refractivity (Wildman–Crippen MR) is 124 cm³/mol. The molecule has 2 aliphatic heterocycles. The molecule has 1 aromatic rings. The van der Waals surface area contributed by atoms with Crippen LogP contribution in [0, 0.1) is 11.3 Å². The second kappa shape index (κ2) is 9.63. The van der Waals surface area contributed by atoms with Gasteiger partial charge in [-0.25, -0.2) is 0 Å². The summed E-state index contributed by atoms with van der Waals surface area (Å²) in [6.45, 7) is 4.42. The third-order valence-corrected chi connectivity index (χ3v) is 8.15. The Hall–Kier alpha value is -2.37. The number of amides is 3. The molecule has 32 heavy (non-hydrogen) atoms. The van der Waals surface area contributed by atoms with Crippen molar-refractivity contribution < 1.29 is 14.4 Å². The summed E-state index contributed by atoms with van der Waals surface area (Å²) < 4.78 is 0. The van der Waals surface area contributed by atoms with Crippen molar-refractivity contribution in [1.29, 1.82) is 0 Å². The first-order chi connectivity index (χ1) is 15.4. The Morgan fingerprint density at radius 3 is 2.31 bits per heavy atom. The van der Waals surface area contributed by atoms with Gasteiger partial charge in [0.05, 0.1) is 5.41 Å². The summed E-state index contributed by atoms with van der Waals surface area (Å²) in [5.41, 5.74) is 7.78. The average Bonchev–Trinajstić information content (AvgIpc) is 3.34. The van der Waals surface area contributed by atoms with Gasteiger partial charge in [0.25, 0.3) is 0 Å². The van der Waals surface area contributed by atoms with Crippen LogP contribution in [0.1, 0.15) is 75.3 Å². The first kappa shape index (κ1) is 22.8. The molecule has 1 unspecified atom stereocenters. The summed E-state index contributed by atoms with van der Waals surface area (Å²) in [5.74, 6) is 0.604. The number of nitrogens with zero attached hydrogens (tertiary/aromatic N) is 2. The number of carbonyl (C=O) groups is 3. The quantitative estimate of drug-likeness (QED) is 0.764. The van der Waals surface area contributed by atoms with Crippen molar-refractivity contribution in [2.24, 2.45) is 17.1 Å². The molecule has 0 bridgehead atoms. The molecule has 0 radical (unpaired) electrons. The first-order valence-electron chi connectivity index (χ1n) is 12.3. The predicted octanol–water partition coefficient (Wildman–Crippen LogP) is 3.24. The molecular formula is C26H37N3O3. The van der Waals surface area contributed by atoms with Crippen LogP contribution in [0.4, 0.5) is 0 Å². The van der Waals surface area contributed by atoms with Crippen molar-refractivity contribution in [3.8, 4) is 0 Å². The molecule has 3 amide bonds. The Morgan fingerprint density at radius 2 is 1.66 bits per heavy atom. The summed E-state index contributed by atoms with van der Waals surface area (Å²) in [7, 11) is 0. The Labute approximate surface area is 191 Å². The molecule has 2 N–H and O–H groups in total. The molecule has 174 valence electrons. The molecule has 0 aromatic heterocycles. The van der Waals surface area contributed by atoms with E-state index in [1.165, 1.54) is 5.56 Å². The number of nitrogens with two attached hydrogens (primary N) is 1. The van der Waals surface area contributed by atoms with Gasteiger partial charge in [0, 0.05) is 44.9 Å². The van der Waals surface area contributed by atoms with Crippen molar-refractivity contribution in [2.75, 3.05) is 26.2 Å². The zero-order chi connectivity index (χ0) is 22.7. The Morgan fingerprint density at radius 1 is 0.969 bits per heavy atom. The van der Waals surface area contributed by atoms with Gasteiger partial charge in [-0.3, -0.25) is 14.4 Å². The molecule has 1 aliphatic carbocycles. The number of piperidine rings is 2. The standard InChI is InChI=1S/C26H37N3O3/c1-19(30)29-14-6-10-22(18-29)23-11-5-4-9-21(23)17-26(25(27)32)12-15-28(16-13-26)24(31)20-7-2-3-8-20/h4-5,9,11,20,22H,2-3,6-8,10,12-18H2,1H3,(H2,27,32). The molecule has 3 fully saturated rings. The number of carbonyl (C=O) groups excluding carboxylic acids is 3. The van der Waals surface area contributed by atoms with Crippen LogP contribution < -0.4 is 5.73 Å². The molecule has 1 aromatic carbocycles. The molecule has 6 nitrogen and oxygen atoms in total. The van der Waals surface area contributed by atoms with Crippen molar-refractivity contribution in [1.82, 2.24) is 9.80 Å². The van der Waals surface area contributed by atoms with Crippen LogP contribution in [0.15, 0.2) is 24.3 Å². The lowest BCUT2D eigenvalue weighted by Gasteiger charge is -2.41. The molecule has 1 atom stereocenters. The van der Waals surface area contributed by atoms with Gasteiger partial charge in [-0.05, 0) is 56.1 Å². The van der Waals surface area contributed by atoms with Crippen LogP contribution in [0.2, 0.25) is 0 Å². The van der Waals surface area contributed by atoms with Crippen molar-refractivity contribution in [3.63, 3.8) is 0 Å². The lowest BCUT2D eigenvalue weighted by Crippen LogP contribution is -2.51. The van der Waals surface area contributed by atoms with Crippen LogP contribution in [0.25, 0.3) is 0 Å². The summed E-state index contributed by atoms with van der Waals surface area (Å²) in [6, 6.07) is 8.34. The van der Waals surface area contributed by atoms with Gasteiger partial charge in [-0.1, -0.05) is 37.1 Å². The summed E-state index contributed by atoms with van der Waals surface area (Å²) in [6.07, 6.45) is 8.21. The largest absolute Gasteiger partial charge is 0.369 e. The SMILES string of the molecule is CC(=O)N1CCCC(c2ccccc2CC2(C(N)=O)CCN(C(=O)C3CCCC3)CC2)C1. The summed E-state index contributed by atoms with van der Waals surface area (Å²) >= 11 is 0. The molecular weight excluding hydrogens is 402 g/mol. The number of likely N-dealkylation sites (tertiary alicyclic amines) is 2. The Kier molecular flexibility index (Phi) is 6.87. The van der Waals surface area contributed by atoms with E-state index in [0.29, 0.717) is 32.4 Å². The van der Waals surface area contributed by atoms with Gasteiger partial charge >= 0.3 is 0 Å². The van der Waals surface area contributed by atoms with E-state index in [2.05, 4.69) is 12.1 Å². The highest BCUT2D eigenvalue weighted by atomic mass is 16.2. The van der Waals surface area contributed by atoms with Crippen LogP contribution in [-0.2, 0) is 20.8 Å². The van der Waals surface area contributed by atoms with E-state index in [4.69, 9.17) is 5.73 Å². The normalized spacial score (nSPS) is 23.8. The van der Waals surface area contributed by atoms with Crippen molar-refractivity contribution in [3.05, 3.63) is 35.4 Å². The van der Waals surface area contributed by atoms with Crippen molar-refractivity contribution >= 4 is 17.7 Å². The third kappa shape index (κ3) is 4.69. The number of benzene rings is 1. The number of primary amides is 1. The highest BCUT2D eigenvalue weighted by Crippen LogP contribution is 2.39. The van der Waals surface area contributed by atoms with Crippen LogP contribution >= 0.6 is 0 Å². The number of hydrogen-bond acceptors (Lipinski definition) is 3. The van der Waals surface area contributed by atoms with Gasteiger partial charge in [0.2, 0.25) is 17.7 Å². The molecule has 1 saturated carbocycles. The third-order valence-electron chi connectivity index (χ3n) is 8.15. The van der Waals surface area contributed by atoms with Crippen molar-refractivity contribution in [2.45, 2.75) is 70.6 Å². The minimum atomic E-state index is -0.614. The first-order valence-corrected chi connectivity index (χ1v) is 12.3. The van der Waals surface area contributed by atoms with Gasteiger partial charge in [-0.15, -0.1) is 0 Å². The Bertz CT molecular complexity index is 854. The van der Waals surface area contributed by atoms with Crippen LogP contribution in [0.3, 0.4) is 0 Å². The highest BCUT2D eigenvalue weighted by Gasteiger charge is 2.42. The monoisotopic (exact) mass is 439 g/mol. The molecule has 3 aliphatic rings. The van der Waals surface area contributed by atoms with Gasteiger partial charge in [0.15, 0.2) is 0 Å². The Balaban J connectivity index is 1.49. The fourth-order valence-electron chi connectivity index (χ4n) is 6.07. The minimum absolute atomic E-state index is 0.125. The fourth-order valence-corrected chi connectivity index (χ4v) is 6.07. The maximum absolute atomic E-state index is 12.9. The molecule has 0 spiro atoms. The minimum Gasteiger partial charge on any atom is -0.369 e. The topological polar surface area (TPSA) is 83.7 Å². The van der Waals surface area contributed by atoms with E-state index < -0.39 is 5.41 Å². The van der Waals surface area contributed by atoms with Crippen LogP contribution in [0.5, 0.6) is 0 Å². The van der Waals surface area contributed by atoms with E-state index in [1.807, 2.05) is 21.9 Å². The smallest absolute Gasteiger partial charge is 0.225 e. The summed E-state index contributed by atoms with van der Waals surface area (Å²) in [4.78, 5) is 41.4. The second-order valence-corrected chi connectivity index (χ2v) is 10.1. The zero-order valence-electron chi connectivity index (χ0n) is 19.4. The average molecular weight is 440 g/mol. The van der Waals surface area contributed by atoms with Gasteiger partial charge in [-0.2, -0.15) is 0 Å². The lowest BCUT2D eigenvalue weighted by atomic mass is 9.71. The van der Waals surface area contributed by atoms with Gasteiger partial charge < -0.3 is 15.5 Å². The molecule has 2 saturated heterocycles. The van der Waals surface area contributed by atoms with E-state index in [1.54, 1.807) is 6.92 Å². The van der Waals surface area contributed by atoms with E-state index in [-0.39, 0.29) is 29.6 Å². The molecule has 6 heteroatoms. The van der Waals surface area contributed by atoms with E-state index in [9.17, 15) is 14.4 Å². The number of hydrogen-bond donors (Lipinski definition) is 1. The molecule has 4 rings (SSSR count). The van der Waals surface area contributed by atoms with Crippen LogP contribution in [-0.4, -0.2) is 53.7 Å². The second-order valence-electron chi connectivity index (χ2n) is 10.1. The van der Waals surface area contributed by atoms with Gasteiger partial charge in [0.1, 0.15) is 0 Å². The van der Waals surface area contributed by atoms with E-state index in [0.717, 1.165) is 57.2 Å². The summed E-state index contributed by atoms with van der Waals surface area (Å²) in [5, 5.41) is 0. The number of rotatable bonds is 5. The fraction of sp³-hybridized carbons (Fsp3) is 0.654. The lowest BCUT2D eigenvalue weighted by molar-refractivity contribution is -0.141. The van der Waals surface area contributed by atoms with E-state index >= 15 is 0 Å². The maximum Gasteiger partial charge on any atom is 0.225 e.